The summed E-state index contributed by atoms with van der Waals surface area (Å²) in [5, 5.41) is 15.7. The van der Waals surface area contributed by atoms with E-state index in [4.69, 9.17) is 0 Å². The first-order valence-corrected chi connectivity index (χ1v) is 7.67. The Kier molecular flexibility index (Phi) is 2.48. The van der Waals surface area contributed by atoms with Crippen LogP contribution in [0, 0.1) is 18.4 Å². The summed E-state index contributed by atoms with van der Waals surface area (Å²) in [6, 6.07) is 0. The lowest BCUT2D eigenvalue weighted by atomic mass is 10.3. The Balaban J connectivity index is 3.02. The molecule has 0 aliphatic heterocycles. The molecule has 1 aromatic rings. The van der Waals surface area contributed by atoms with E-state index >= 15 is 0 Å². The largest absolute Gasteiger partial charge is 0.493 e. The number of aromatic hydroxyl groups is 1. The summed E-state index contributed by atoms with van der Waals surface area (Å²) < 4.78 is 0. The van der Waals surface area contributed by atoms with Gasteiger partial charge < -0.3 is 5.11 Å². The van der Waals surface area contributed by atoms with E-state index in [1.807, 2.05) is 6.92 Å². The van der Waals surface area contributed by atoms with Gasteiger partial charge in [0.25, 0.3) is 0 Å². The summed E-state index contributed by atoms with van der Waals surface area (Å²) in [6.07, 6.45) is 0. The van der Waals surface area contributed by atoms with Crippen molar-refractivity contribution in [2.24, 2.45) is 0 Å². The normalized spacial score (nSPS) is 10.8. The summed E-state index contributed by atoms with van der Waals surface area (Å²) in [5.74, 6) is 3.04. The van der Waals surface area contributed by atoms with Gasteiger partial charge in [-0.15, -0.1) is 5.54 Å². The van der Waals surface area contributed by atoms with E-state index in [0.29, 0.717) is 5.56 Å². The van der Waals surface area contributed by atoms with Gasteiger partial charge in [-0.2, -0.15) is 5.10 Å². The maximum atomic E-state index is 9.32. The summed E-state index contributed by atoms with van der Waals surface area (Å²) >= 11 is 0. The standard InChI is InChI=1S/C9H14N2OSi/c1-7-8(9(12)11-10-7)5-6-13(2,3)4/h1-4H3,(H2,10,11,12). The molecule has 0 saturated heterocycles. The van der Waals surface area contributed by atoms with Gasteiger partial charge in [0, 0.05) is 0 Å². The molecule has 4 heteroatoms. The zero-order valence-corrected chi connectivity index (χ0v) is 9.39. The molecule has 1 rings (SSSR count). The van der Waals surface area contributed by atoms with Gasteiger partial charge in [0.15, 0.2) is 0 Å². The van der Waals surface area contributed by atoms with E-state index < -0.39 is 8.07 Å². The molecule has 0 bridgehead atoms. The van der Waals surface area contributed by atoms with E-state index in [2.05, 4.69) is 41.3 Å². The molecule has 70 valence electrons. The Morgan fingerprint density at radius 2 is 2.00 bits per heavy atom. The third-order valence-electron chi connectivity index (χ3n) is 1.49. The first-order chi connectivity index (χ1) is 5.90. The van der Waals surface area contributed by atoms with E-state index in [1.54, 1.807) is 0 Å². The molecule has 13 heavy (non-hydrogen) atoms. The minimum Gasteiger partial charge on any atom is -0.493 e. The fourth-order valence-electron chi connectivity index (χ4n) is 0.820. The third-order valence-corrected chi connectivity index (χ3v) is 2.37. The number of hydrogen-bond acceptors (Lipinski definition) is 2. The molecule has 0 fully saturated rings. The summed E-state index contributed by atoms with van der Waals surface area (Å²) in [4.78, 5) is 0. The van der Waals surface area contributed by atoms with E-state index in [0.717, 1.165) is 5.69 Å². The van der Waals surface area contributed by atoms with Crippen molar-refractivity contribution in [1.82, 2.24) is 10.2 Å². The molecule has 0 aliphatic carbocycles. The Morgan fingerprint density at radius 3 is 2.38 bits per heavy atom. The third kappa shape index (κ3) is 2.63. The van der Waals surface area contributed by atoms with Crippen molar-refractivity contribution >= 4 is 8.07 Å². The molecule has 3 nitrogen and oxygen atoms in total. The van der Waals surface area contributed by atoms with Crippen LogP contribution in [0.3, 0.4) is 0 Å². The molecule has 1 heterocycles. The van der Waals surface area contributed by atoms with E-state index in [9.17, 15) is 5.11 Å². The summed E-state index contributed by atoms with van der Waals surface area (Å²) in [5.41, 5.74) is 4.56. The number of nitrogens with zero attached hydrogens (tertiary/aromatic N) is 1. The number of aryl methyl sites for hydroxylation is 1. The SMILES string of the molecule is Cc1n[nH]c(O)c1C#C[Si](C)(C)C. The maximum Gasteiger partial charge on any atom is 0.223 e. The zero-order valence-electron chi connectivity index (χ0n) is 8.39. The van der Waals surface area contributed by atoms with Gasteiger partial charge in [0.2, 0.25) is 5.88 Å². The van der Waals surface area contributed by atoms with Gasteiger partial charge in [-0.05, 0) is 6.92 Å². The van der Waals surface area contributed by atoms with Gasteiger partial charge in [0.1, 0.15) is 13.6 Å². The van der Waals surface area contributed by atoms with Crippen molar-refractivity contribution in [2.45, 2.75) is 26.6 Å². The molecule has 0 atom stereocenters. The van der Waals surface area contributed by atoms with Gasteiger partial charge in [-0.25, -0.2) is 5.10 Å². The van der Waals surface area contributed by atoms with Crippen LogP contribution in [0.5, 0.6) is 5.88 Å². The monoisotopic (exact) mass is 194 g/mol. The van der Waals surface area contributed by atoms with Crippen LogP contribution >= 0.6 is 0 Å². The van der Waals surface area contributed by atoms with Crippen LogP contribution in [-0.2, 0) is 0 Å². The Hall–Kier alpha value is -1.21. The fraction of sp³-hybridized carbons (Fsp3) is 0.444. The van der Waals surface area contributed by atoms with Crippen LogP contribution in [0.15, 0.2) is 0 Å². The van der Waals surface area contributed by atoms with Crippen molar-refractivity contribution in [3.63, 3.8) is 0 Å². The lowest BCUT2D eigenvalue weighted by molar-refractivity contribution is 0.450. The van der Waals surface area contributed by atoms with E-state index in [-0.39, 0.29) is 5.88 Å². The topological polar surface area (TPSA) is 48.9 Å². The highest BCUT2D eigenvalue weighted by Gasteiger charge is 2.10. The molecule has 0 aliphatic rings. The van der Waals surface area contributed by atoms with Crippen LogP contribution < -0.4 is 0 Å². The molecule has 0 spiro atoms. The van der Waals surface area contributed by atoms with Crippen molar-refractivity contribution in [2.75, 3.05) is 0 Å². The molecule has 0 unspecified atom stereocenters. The van der Waals surface area contributed by atoms with Crippen molar-refractivity contribution in [3.05, 3.63) is 11.3 Å². The van der Waals surface area contributed by atoms with Crippen LogP contribution in [0.2, 0.25) is 19.6 Å². The molecule has 0 saturated carbocycles. The van der Waals surface area contributed by atoms with Crippen molar-refractivity contribution < 1.29 is 5.11 Å². The molecule has 2 N–H and O–H groups in total. The number of H-pyrrole nitrogens is 1. The lowest BCUT2D eigenvalue weighted by Crippen LogP contribution is -2.16. The predicted octanol–water partition coefficient (Wildman–Crippen LogP) is 1.65. The highest BCUT2D eigenvalue weighted by Crippen LogP contribution is 2.14. The Labute approximate surface area is 79.2 Å². The van der Waals surface area contributed by atoms with Gasteiger partial charge in [0.05, 0.1) is 5.69 Å². The zero-order chi connectivity index (χ0) is 10.1. The maximum absolute atomic E-state index is 9.32. The number of aromatic nitrogens is 2. The minimum absolute atomic E-state index is 0.0725. The molecular weight excluding hydrogens is 180 g/mol. The first-order valence-electron chi connectivity index (χ1n) is 4.17. The average Bonchev–Trinajstić information content (AvgIpc) is 2.27. The van der Waals surface area contributed by atoms with Crippen LogP contribution in [-0.4, -0.2) is 23.4 Å². The number of hydrogen-bond donors (Lipinski definition) is 2. The van der Waals surface area contributed by atoms with Gasteiger partial charge >= 0.3 is 0 Å². The quantitative estimate of drug-likeness (QED) is 0.487. The molecule has 0 aromatic carbocycles. The second-order valence-corrected chi connectivity index (χ2v) is 8.78. The highest BCUT2D eigenvalue weighted by molar-refractivity contribution is 6.83. The van der Waals surface area contributed by atoms with Crippen LogP contribution in [0.25, 0.3) is 0 Å². The second kappa shape index (κ2) is 3.27. The second-order valence-electron chi connectivity index (χ2n) is 4.03. The van der Waals surface area contributed by atoms with E-state index in [1.165, 1.54) is 0 Å². The Morgan fingerprint density at radius 1 is 1.38 bits per heavy atom. The minimum atomic E-state index is -1.37. The summed E-state index contributed by atoms with van der Waals surface area (Å²) in [6.45, 7) is 8.30. The number of aromatic amines is 1. The molecule has 1 aromatic heterocycles. The molecular formula is C9H14N2OSi. The highest BCUT2D eigenvalue weighted by atomic mass is 28.3. The lowest BCUT2D eigenvalue weighted by Gasteiger charge is -2.02. The number of nitrogens with one attached hydrogen (secondary N) is 1. The number of rotatable bonds is 0. The Bertz CT molecular complexity index is 346. The molecule has 0 radical (unpaired) electrons. The fourth-order valence-corrected chi connectivity index (χ4v) is 1.32. The smallest absolute Gasteiger partial charge is 0.223 e. The van der Waals surface area contributed by atoms with Gasteiger partial charge in [-0.3, -0.25) is 0 Å². The van der Waals surface area contributed by atoms with Crippen LogP contribution in [0.4, 0.5) is 0 Å². The van der Waals surface area contributed by atoms with Crippen LogP contribution in [0.1, 0.15) is 11.3 Å². The predicted molar refractivity (Wildman–Crippen MR) is 55.2 cm³/mol. The molecule has 0 amide bonds. The summed E-state index contributed by atoms with van der Waals surface area (Å²) in [7, 11) is -1.37. The first kappa shape index (κ1) is 9.87. The average molecular weight is 194 g/mol. The van der Waals surface area contributed by atoms with Crippen molar-refractivity contribution in [3.8, 4) is 17.3 Å². The van der Waals surface area contributed by atoms with Gasteiger partial charge in [-0.1, -0.05) is 25.6 Å². The van der Waals surface area contributed by atoms with Crippen molar-refractivity contribution in [1.29, 1.82) is 0 Å².